The van der Waals surface area contributed by atoms with Crippen LogP contribution in [0.2, 0.25) is 5.02 Å². The van der Waals surface area contributed by atoms with E-state index < -0.39 is 6.10 Å². The summed E-state index contributed by atoms with van der Waals surface area (Å²) in [5.74, 6) is 0. The lowest BCUT2D eigenvalue weighted by Crippen LogP contribution is -2.16. The topological polar surface area (TPSA) is 46.0 Å². The zero-order valence-electron chi connectivity index (χ0n) is 11.4. The van der Waals surface area contributed by atoms with Gasteiger partial charge in [-0.25, -0.2) is 0 Å². The molecule has 1 atom stereocenters. The molecule has 0 radical (unpaired) electrons. The first-order chi connectivity index (χ1) is 8.80. The number of halogens is 1. The summed E-state index contributed by atoms with van der Waals surface area (Å²) in [7, 11) is 0. The normalized spacial score (nSPS) is 13.6. The van der Waals surface area contributed by atoms with Crippen LogP contribution in [0.25, 0.3) is 0 Å². The highest BCUT2D eigenvalue weighted by molar-refractivity contribution is 7.05. The van der Waals surface area contributed by atoms with Gasteiger partial charge in [0.2, 0.25) is 0 Å². The van der Waals surface area contributed by atoms with Gasteiger partial charge in [0.1, 0.15) is 6.10 Å². The van der Waals surface area contributed by atoms with Gasteiger partial charge in [-0.15, -0.1) is 5.10 Å². The van der Waals surface area contributed by atoms with Crippen molar-refractivity contribution in [3.05, 3.63) is 44.9 Å². The molecule has 2 rings (SSSR count). The molecule has 0 fully saturated rings. The molecule has 1 aromatic heterocycles. The van der Waals surface area contributed by atoms with E-state index in [-0.39, 0.29) is 5.41 Å². The maximum absolute atomic E-state index is 10.5. The van der Waals surface area contributed by atoms with E-state index in [2.05, 4.69) is 30.4 Å². The lowest BCUT2D eigenvalue weighted by molar-refractivity contribution is 0.221. The molecule has 102 valence electrons. The summed E-state index contributed by atoms with van der Waals surface area (Å²) in [6.45, 7) is 8.11. The van der Waals surface area contributed by atoms with Crippen molar-refractivity contribution in [2.75, 3.05) is 0 Å². The number of benzene rings is 1. The third kappa shape index (κ3) is 2.96. The van der Waals surface area contributed by atoms with Crippen molar-refractivity contribution in [3.8, 4) is 0 Å². The standard InChI is InChI=1S/C14H17ClN2OS/c1-8-5-6-9(7-10(8)15)11(18)12-13(14(2,3)4)16-17-19-12/h5-7,11,18H,1-4H3. The SMILES string of the molecule is Cc1ccc(C(O)c2snnc2C(C)(C)C)cc1Cl. The Balaban J connectivity index is 2.42. The Kier molecular flexibility index (Phi) is 3.95. The highest BCUT2D eigenvalue weighted by Crippen LogP contribution is 2.34. The Hall–Kier alpha value is -0.970. The number of rotatable bonds is 2. The van der Waals surface area contributed by atoms with Crippen LogP contribution in [0.1, 0.15) is 48.6 Å². The average Bonchev–Trinajstić information content (AvgIpc) is 2.80. The van der Waals surface area contributed by atoms with Crippen molar-refractivity contribution in [2.24, 2.45) is 0 Å². The van der Waals surface area contributed by atoms with Gasteiger partial charge in [0.15, 0.2) is 0 Å². The van der Waals surface area contributed by atoms with Crippen LogP contribution < -0.4 is 0 Å². The monoisotopic (exact) mass is 296 g/mol. The van der Waals surface area contributed by atoms with Gasteiger partial charge >= 0.3 is 0 Å². The van der Waals surface area contributed by atoms with Crippen molar-refractivity contribution in [1.82, 2.24) is 9.59 Å². The molecule has 1 unspecified atom stereocenters. The van der Waals surface area contributed by atoms with E-state index in [1.165, 1.54) is 11.5 Å². The number of aromatic nitrogens is 2. The van der Waals surface area contributed by atoms with E-state index in [4.69, 9.17) is 11.6 Å². The van der Waals surface area contributed by atoms with Crippen molar-refractivity contribution in [3.63, 3.8) is 0 Å². The molecule has 0 aliphatic heterocycles. The maximum Gasteiger partial charge on any atom is 0.117 e. The molecule has 3 nitrogen and oxygen atoms in total. The first kappa shape index (κ1) is 14.4. The molecule has 1 heterocycles. The van der Waals surface area contributed by atoms with Crippen molar-refractivity contribution < 1.29 is 5.11 Å². The Bertz CT molecular complexity index is 589. The van der Waals surface area contributed by atoms with Crippen molar-refractivity contribution >= 4 is 23.1 Å². The number of aliphatic hydroxyl groups excluding tert-OH is 1. The quantitative estimate of drug-likeness (QED) is 0.915. The van der Waals surface area contributed by atoms with Crippen LogP contribution in [-0.2, 0) is 5.41 Å². The predicted octanol–water partition coefficient (Wildman–Crippen LogP) is 3.88. The van der Waals surface area contributed by atoms with Gasteiger partial charge < -0.3 is 5.11 Å². The van der Waals surface area contributed by atoms with E-state index >= 15 is 0 Å². The molecule has 5 heteroatoms. The fourth-order valence-electron chi connectivity index (χ4n) is 1.83. The minimum Gasteiger partial charge on any atom is -0.383 e. The summed E-state index contributed by atoms with van der Waals surface area (Å²) < 4.78 is 3.97. The lowest BCUT2D eigenvalue weighted by atomic mass is 9.89. The minimum absolute atomic E-state index is 0.141. The van der Waals surface area contributed by atoms with Crippen LogP contribution in [0, 0.1) is 6.92 Å². The van der Waals surface area contributed by atoms with Crippen LogP contribution in [0.15, 0.2) is 18.2 Å². The van der Waals surface area contributed by atoms with Crippen LogP contribution in [0.4, 0.5) is 0 Å². The maximum atomic E-state index is 10.5. The number of nitrogens with zero attached hydrogens (tertiary/aromatic N) is 2. The summed E-state index contributed by atoms with van der Waals surface area (Å²) in [4.78, 5) is 0.785. The smallest absolute Gasteiger partial charge is 0.117 e. The van der Waals surface area contributed by atoms with E-state index in [9.17, 15) is 5.11 Å². The summed E-state index contributed by atoms with van der Waals surface area (Å²) in [5, 5.41) is 15.3. The summed E-state index contributed by atoms with van der Waals surface area (Å²) in [5.41, 5.74) is 2.46. The van der Waals surface area contributed by atoms with Crippen molar-refractivity contribution in [1.29, 1.82) is 0 Å². The third-order valence-electron chi connectivity index (χ3n) is 2.98. The second-order valence-electron chi connectivity index (χ2n) is 5.65. The molecule has 0 aliphatic carbocycles. The molecule has 1 aromatic carbocycles. The van der Waals surface area contributed by atoms with Gasteiger partial charge in [0.25, 0.3) is 0 Å². The molecule has 0 saturated heterocycles. The molecule has 0 saturated carbocycles. The zero-order valence-corrected chi connectivity index (χ0v) is 13.0. The zero-order chi connectivity index (χ0) is 14.2. The molecule has 0 bridgehead atoms. The molecule has 0 aliphatic rings. The average molecular weight is 297 g/mol. The Morgan fingerprint density at radius 2 is 2.00 bits per heavy atom. The predicted molar refractivity (Wildman–Crippen MR) is 78.9 cm³/mol. The van der Waals surface area contributed by atoms with Gasteiger partial charge in [-0.2, -0.15) is 0 Å². The first-order valence-corrected chi connectivity index (χ1v) is 7.22. The van der Waals surface area contributed by atoms with Gasteiger partial charge in [0, 0.05) is 10.4 Å². The summed E-state index contributed by atoms with van der Waals surface area (Å²) in [6, 6.07) is 5.60. The number of aryl methyl sites for hydroxylation is 1. The molecule has 19 heavy (non-hydrogen) atoms. The highest BCUT2D eigenvalue weighted by atomic mass is 35.5. The van der Waals surface area contributed by atoms with E-state index in [1.54, 1.807) is 6.07 Å². The van der Waals surface area contributed by atoms with Gasteiger partial charge in [0.05, 0.1) is 10.6 Å². The number of hydrogen-bond acceptors (Lipinski definition) is 4. The fraction of sp³-hybridized carbons (Fsp3) is 0.429. The Labute approximate surface area is 122 Å². The largest absolute Gasteiger partial charge is 0.383 e. The van der Waals surface area contributed by atoms with Crippen LogP contribution in [0.5, 0.6) is 0 Å². The van der Waals surface area contributed by atoms with Gasteiger partial charge in [-0.1, -0.05) is 49.0 Å². The number of hydrogen-bond donors (Lipinski definition) is 1. The lowest BCUT2D eigenvalue weighted by Gasteiger charge is -2.19. The molecule has 0 spiro atoms. The first-order valence-electron chi connectivity index (χ1n) is 6.07. The fourth-order valence-corrected chi connectivity index (χ4v) is 2.90. The summed E-state index contributed by atoms with van der Waals surface area (Å²) in [6.07, 6.45) is -0.729. The van der Waals surface area contributed by atoms with Gasteiger partial charge in [-0.3, -0.25) is 0 Å². The minimum atomic E-state index is -0.729. The number of aliphatic hydroxyl groups is 1. The van der Waals surface area contributed by atoms with Crippen LogP contribution in [0.3, 0.4) is 0 Å². The van der Waals surface area contributed by atoms with E-state index in [0.29, 0.717) is 5.02 Å². The molecular weight excluding hydrogens is 280 g/mol. The Morgan fingerprint density at radius 3 is 2.58 bits per heavy atom. The van der Waals surface area contributed by atoms with Crippen LogP contribution >= 0.6 is 23.1 Å². The molecular formula is C14H17ClN2OS. The molecule has 2 aromatic rings. The third-order valence-corrected chi connectivity index (χ3v) is 4.17. The second kappa shape index (κ2) is 5.19. The van der Waals surface area contributed by atoms with Gasteiger partial charge in [-0.05, 0) is 35.6 Å². The summed E-state index contributed by atoms with van der Waals surface area (Å²) >= 11 is 7.35. The van der Waals surface area contributed by atoms with Crippen LogP contribution in [-0.4, -0.2) is 14.7 Å². The molecule has 0 amide bonds. The van der Waals surface area contributed by atoms with E-state index in [0.717, 1.165) is 21.7 Å². The van der Waals surface area contributed by atoms with Crippen molar-refractivity contribution in [2.45, 2.75) is 39.2 Å². The molecule has 1 N–H and O–H groups in total. The van der Waals surface area contributed by atoms with E-state index in [1.807, 2.05) is 19.1 Å². The Morgan fingerprint density at radius 1 is 1.32 bits per heavy atom. The highest BCUT2D eigenvalue weighted by Gasteiger charge is 2.27. The second-order valence-corrected chi connectivity index (χ2v) is 6.84.